The monoisotopic (exact) mass is 356 g/mol. The molecule has 1 rings (SSSR count). The van der Waals surface area contributed by atoms with E-state index >= 15 is 0 Å². The normalized spacial score (nSPS) is 13.1. The molecule has 0 radical (unpaired) electrons. The Hall–Kier alpha value is -1.89. The Kier molecular flexibility index (Phi) is 6.36. The molecule has 2 atom stereocenters. The zero-order valence-electron chi connectivity index (χ0n) is 11.7. The Balaban J connectivity index is 2.79. The van der Waals surface area contributed by atoms with Crippen LogP contribution in [0.15, 0.2) is 28.7 Å². The molecule has 0 aromatic heterocycles. The summed E-state index contributed by atoms with van der Waals surface area (Å²) in [7, 11) is 0. The van der Waals surface area contributed by atoms with Crippen molar-refractivity contribution in [3.63, 3.8) is 0 Å². The van der Waals surface area contributed by atoms with E-state index in [1.165, 1.54) is 13.8 Å². The van der Waals surface area contributed by atoms with Crippen LogP contribution in [0.3, 0.4) is 0 Å². The lowest BCUT2D eigenvalue weighted by Crippen LogP contribution is -2.40. The lowest BCUT2D eigenvalue weighted by Gasteiger charge is -2.19. The molecular weight excluding hydrogens is 340 g/mol. The number of benzene rings is 1. The predicted molar refractivity (Wildman–Crippen MR) is 80.6 cm³/mol. The highest BCUT2D eigenvalue weighted by Crippen LogP contribution is 2.19. The second-order valence-electron chi connectivity index (χ2n) is 4.64. The molecule has 0 aliphatic carbocycles. The Bertz CT molecular complexity index is 530. The van der Waals surface area contributed by atoms with Crippen LogP contribution in [0.25, 0.3) is 0 Å². The van der Waals surface area contributed by atoms with Crippen molar-refractivity contribution in [1.29, 1.82) is 0 Å². The molecule has 0 aliphatic heterocycles. The molecule has 1 aromatic carbocycles. The molecule has 0 spiro atoms. The first-order chi connectivity index (χ1) is 9.79. The molecule has 0 saturated carbocycles. The van der Waals surface area contributed by atoms with Crippen molar-refractivity contribution in [3.05, 3.63) is 34.3 Å². The van der Waals surface area contributed by atoms with Crippen molar-refractivity contribution in [1.82, 2.24) is 10.6 Å². The molecule has 7 heteroatoms. The topological polar surface area (TPSA) is 95.5 Å². The Morgan fingerprint density at radius 1 is 1.19 bits per heavy atom. The number of amides is 2. The van der Waals surface area contributed by atoms with Gasteiger partial charge in [-0.15, -0.1) is 0 Å². The Labute approximate surface area is 131 Å². The number of carbonyl (C=O) groups excluding carboxylic acids is 2. The molecule has 6 nitrogen and oxygen atoms in total. The molecule has 1 aromatic rings. The summed E-state index contributed by atoms with van der Waals surface area (Å²) in [4.78, 5) is 33.8. The molecule has 0 saturated heterocycles. The number of nitrogens with one attached hydrogen (secondary N) is 2. The second kappa shape index (κ2) is 7.78. The summed E-state index contributed by atoms with van der Waals surface area (Å²) >= 11 is 3.31. The summed E-state index contributed by atoms with van der Waals surface area (Å²) in [6, 6.07) is 5.72. The molecule has 0 fully saturated rings. The highest BCUT2D eigenvalue weighted by atomic mass is 79.9. The third-order valence-electron chi connectivity index (χ3n) is 2.79. The minimum absolute atomic E-state index is 0.0289. The lowest BCUT2D eigenvalue weighted by atomic mass is 10.0. The summed E-state index contributed by atoms with van der Waals surface area (Å²) < 4.78 is 0.886. The molecule has 2 amide bonds. The van der Waals surface area contributed by atoms with Crippen molar-refractivity contribution in [2.75, 3.05) is 0 Å². The first-order valence-corrected chi connectivity index (χ1v) is 7.13. The Morgan fingerprint density at radius 3 is 2.24 bits per heavy atom. The number of carbonyl (C=O) groups is 3. The third-order valence-corrected chi connectivity index (χ3v) is 3.32. The first kappa shape index (κ1) is 17.2. The molecule has 0 aliphatic rings. The zero-order valence-corrected chi connectivity index (χ0v) is 13.3. The molecule has 21 heavy (non-hydrogen) atoms. The number of carboxylic acids is 1. The summed E-state index contributed by atoms with van der Waals surface area (Å²) in [6.45, 7) is 2.75. The fourth-order valence-corrected chi connectivity index (χ4v) is 2.00. The van der Waals surface area contributed by atoms with E-state index in [2.05, 4.69) is 26.6 Å². The SMILES string of the molecule is CC(=O)NC(CC(=O)NC(C)C(=O)O)c1ccc(Br)cc1. The average Bonchev–Trinajstić information content (AvgIpc) is 2.38. The smallest absolute Gasteiger partial charge is 0.325 e. The van der Waals surface area contributed by atoms with Crippen molar-refractivity contribution in [3.8, 4) is 0 Å². The van der Waals surface area contributed by atoms with Gasteiger partial charge in [0, 0.05) is 11.4 Å². The minimum Gasteiger partial charge on any atom is -0.480 e. The van der Waals surface area contributed by atoms with Crippen molar-refractivity contribution in [2.45, 2.75) is 32.4 Å². The van der Waals surface area contributed by atoms with Gasteiger partial charge < -0.3 is 15.7 Å². The largest absolute Gasteiger partial charge is 0.480 e. The van der Waals surface area contributed by atoms with Gasteiger partial charge in [0.15, 0.2) is 0 Å². The summed E-state index contributed by atoms with van der Waals surface area (Å²) in [6.07, 6.45) is -0.0289. The summed E-state index contributed by atoms with van der Waals surface area (Å²) in [5.74, 6) is -1.81. The van der Waals surface area contributed by atoms with Gasteiger partial charge in [0.1, 0.15) is 6.04 Å². The highest BCUT2D eigenvalue weighted by molar-refractivity contribution is 9.10. The molecule has 3 N–H and O–H groups in total. The molecule has 0 bridgehead atoms. The maximum Gasteiger partial charge on any atom is 0.325 e. The van der Waals surface area contributed by atoms with E-state index in [0.717, 1.165) is 10.0 Å². The fraction of sp³-hybridized carbons (Fsp3) is 0.357. The van der Waals surface area contributed by atoms with Crippen LogP contribution in [0.4, 0.5) is 0 Å². The van der Waals surface area contributed by atoms with Crippen LogP contribution in [-0.4, -0.2) is 28.9 Å². The minimum atomic E-state index is -1.11. The van der Waals surface area contributed by atoms with Crippen LogP contribution in [0.2, 0.25) is 0 Å². The average molecular weight is 357 g/mol. The number of rotatable bonds is 6. The van der Waals surface area contributed by atoms with Gasteiger partial charge >= 0.3 is 5.97 Å². The maximum atomic E-state index is 11.9. The summed E-state index contributed by atoms with van der Waals surface area (Å²) in [5, 5.41) is 13.8. The number of halogens is 1. The van der Waals surface area contributed by atoms with Gasteiger partial charge in [-0.25, -0.2) is 0 Å². The standard InChI is InChI=1S/C14H17BrN2O4/c1-8(14(20)21)16-13(19)7-12(17-9(2)18)10-3-5-11(15)6-4-10/h3-6,8,12H,7H2,1-2H3,(H,16,19)(H,17,18)(H,20,21). The van der Waals surface area contributed by atoms with Crippen molar-refractivity contribution < 1.29 is 19.5 Å². The van der Waals surface area contributed by atoms with Crippen LogP contribution in [0, 0.1) is 0 Å². The van der Waals surface area contributed by atoms with E-state index in [1.807, 2.05) is 12.1 Å². The van der Waals surface area contributed by atoms with Gasteiger partial charge in [-0.2, -0.15) is 0 Å². The lowest BCUT2D eigenvalue weighted by molar-refractivity contribution is -0.141. The van der Waals surface area contributed by atoms with Gasteiger partial charge in [0.25, 0.3) is 0 Å². The van der Waals surface area contributed by atoms with Crippen LogP contribution in [-0.2, 0) is 14.4 Å². The van der Waals surface area contributed by atoms with Crippen molar-refractivity contribution in [2.24, 2.45) is 0 Å². The number of hydrogen-bond acceptors (Lipinski definition) is 3. The molecule has 2 unspecified atom stereocenters. The number of hydrogen-bond donors (Lipinski definition) is 3. The van der Waals surface area contributed by atoms with E-state index in [-0.39, 0.29) is 12.3 Å². The van der Waals surface area contributed by atoms with Gasteiger partial charge in [0.05, 0.1) is 12.5 Å². The molecular formula is C14H17BrN2O4. The van der Waals surface area contributed by atoms with E-state index < -0.39 is 24.0 Å². The second-order valence-corrected chi connectivity index (χ2v) is 5.55. The first-order valence-electron chi connectivity index (χ1n) is 6.34. The van der Waals surface area contributed by atoms with Crippen LogP contribution in [0.5, 0.6) is 0 Å². The predicted octanol–water partition coefficient (Wildman–Crippen LogP) is 1.61. The zero-order chi connectivity index (χ0) is 16.0. The number of aliphatic carboxylic acids is 1. The van der Waals surface area contributed by atoms with Crippen molar-refractivity contribution >= 4 is 33.7 Å². The summed E-state index contributed by atoms with van der Waals surface area (Å²) in [5.41, 5.74) is 0.770. The quantitative estimate of drug-likeness (QED) is 0.721. The maximum absolute atomic E-state index is 11.9. The number of carboxylic acid groups (broad SMARTS) is 1. The fourth-order valence-electron chi connectivity index (χ4n) is 1.74. The van der Waals surface area contributed by atoms with Gasteiger partial charge in [-0.3, -0.25) is 14.4 Å². The van der Waals surface area contributed by atoms with Gasteiger partial charge in [-0.05, 0) is 24.6 Å². The third kappa shape index (κ3) is 5.95. The molecule has 0 heterocycles. The highest BCUT2D eigenvalue weighted by Gasteiger charge is 2.20. The van der Waals surface area contributed by atoms with Crippen LogP contribution in [0.1, 0.15) is 31.9 Å². The van der Waals surface area contributed by atoms with E-state index in [9.17, 15) is 14.4 Å². The molecule has 114 valence electrons. The van der Waals surface area contributed by atoms with Crippen LogP contribution < -0.4 is 10.6 Å². The van der Waals surface area contributed by atoms with Gasteiger partial charge in [0.2, 0.25) is 11.8 Å². The van der Waals surface area contributed by atoms with Crippen LogP contribution >= 0.6 is 15.9 Å². The van der Waals surface area contributed by atoms with E-state index in [0.29, 0.717) is 0 Å². The van der Waals surface area contributed by atoms with Gasteiger partial charge in [-0.1, -0.05) is 28.1 Å². The van der Waals surface area contributed by atoms with E-state index in [4.69, 9.17) is 5.11 Å². The van der Waals surface area contributed by atoms with E-state index in [1.54, 1.807) is 12.1 Å². The Morgan fingerprint density at radius 2 is 1.76 bits per heavy atom.